The molecule has 1 fully saturated rings. The molecule has 1 aliphatic rings. The van der Waals surface area contributed by atoms with E-state index in [0.717, 1.165) is 25.2 Å². The van der Waals surface area contributed by atoms with E-state index >= 15 is 0 Å². The Morgan fingerprint density at radius 2 is 1.37 bits per heavy atom. The minimum atomic E-state index is -0.0797. The molecule has 4 aromatic rings. The zero-order valence-electron chi connectivity index (χ0n) is 19.5. The maximum absolute atomic E-state index is 13.3. The number of carbonyl (C=O) groups excluding carboxylic acids is 1. The van der Waals surface area contributed by atoms with Crippen LogP contribution < -0.4 is 5.56 Å². The van der Waals surface area contributed by atoms with Crippen LogP contribution in [0.1, 0.15) is 11.1 Å². The van der Waals surface area contributed by atoms with Gasteiger partial charge in [0.15, 0.2) is 5.16 Å². The lowest BCUT2D eigenvalue weighted by molar-refractivity contribution is -0.130. The number of para-hydroxylation sites is 1. The fourth-order valence-electron chi connectivity index (χ4n) is 4.38. The van der Waals surface area contributed by atoms with E-state index in [2.05, 4.69) is 29.2 Å². The van der Waals surface area contributed by atoms with E-state index in [-0.39, 0.29) is 17.2 Å². The highest BCUT2D eigenvalue weighted by molar-refractivity contribution is 7.99. The zero-order chi connectivity index (χ0) is 24.0. The lowest BCUT2D eigenvalue weighted by Gasteiger charge is -2.34. The van der Waals surface area contributed by atoms with E-state index in [0.29, 0.717) is 35.7 Å². The van der Waals surface area contributed by atoms with E-state index in [1.807, 2.05) is 59.5 Å². The summed E-state index contributed by atoms with van der Waals surface area (Å²) in [6.45, 7) is 4.48. The third kappa shape index (κ3) is 5.63. The van der Waals surface area contributed by atoms with Crippen LogP contribution in [0.15, 0.2) is 94.9 Å². The number of hydrogen-bond donors (Lipinski definition) is 0. The molecule has 1 aliphatic heterocycles. The summed E-state index contributed by atoms with van der Waals surface area (Å²) in [4.78, 5) is 35.4. The summed E-state index contributed by atoms with van der Waals surface area (Å²) in [7, 11) is 0. The van der Waals surface area contributed by atoms with Crippen molar-refractivity contribution in [2.24, 2.45) is 0 Å². The first-order valence-electron chi connectivity index (χ1n) is 11.9. The maximum atomic E-state index is 13.3. The van der Waals surface area contributed by atoms with Gasteiger partial charge in [0.1, 0.15) is 0 Å². The lowest BCUT2D eigenvalue weighted by atomic mass is 10.2. The van der Waals surface area contributed by atoms with Crippen LogP contribution in [-0.2, 0) is 17.9 Å². The van der Waals surface area contributed by atoms with Crippen LogP contribution in [0.25, 0.3) is 10.9 Å². The molecule has 0 bridgehead atoms. The quantitative estimate of drug-likeness (QED) is 0.294. The van der Waals surface area contributed by atoms with Crippen LogP contribution in [0.3, 0.4) is 0 Å². The highest BCUT2D eigenvalue weighted by atomic mass is 32.2. The molecule has 0 radical (unpaired) electrons. The summed E-state index contributed by atoms with van der Waals surface area (Å²) in [5, 5.41) is 1.17. The SMILES string of the molecule is O=C(CSc1nc2ccccc2c(=O)n1Cc1ccccc1)N1CCN(Cc2ccccc2)CC1. The van der Waals surface area contributed by atoms with Crippen LogP contribution in [0.4, 0.5) is 0 Å². The summed E-state index contributed by atoms with van der Waals surface area (Å²) in [5.41, 5.74) is 2.89. The molecule has 0 unspecified atom stereocenters. The average Bonchev–Trinajstić information content (AvgIpc) is 2.91. The van der Waals surface area contributed by atoms with Gasteiger partial charge >= 0.3 is 0 Å². The van der Waals surface area contributed by atoms with Crippen molar-refractivity contribution in [3.05, 3.63) is 106 Å². The molecule has 6 nitrogen and oxygen atoms in total. The summed E-state index contributed by atoms with van der Waals surface area (Å²) in [6.07, 6.45) is 0. The second kappa shape index (κ2) is 10.9. The first kappa shape index (κ1) is 23.3. The van der Waals surface area contributed by atoms with E-state index in [4.69, 9.17) is 4.98 Å². The second-order valence-corrected chi connectivity index (χ2v) is 9.66. The number of carbonyl (C=O) groups is 1. The van der Waals surface area contributed by atoms with Crippen molar-refractivity contribution in [3.8, 4) is 0 Å². The van der Waals surface area contributed by atoms with Gasteiger partial charge in [0.2, 0.25) is 5.91 Å². The van der Waals surface area contributed by atoms with Gasteiger partial charge in [-0.2, -0.15) is 0 Å². The summed E-state index contributed by atoms with van der Waals surface area (Å²) in [6, 6.07) is 27.7. The molecule has 1 saturated heterocycles. The first-order chi connectivity index (χ1) is 17.2. The van der Waals surface area contributed by atoms with Gasteiger partial charge in [0, 0.05) is 32.7 Å². The van der Waals surface area contributed by atoms with Crippen LogP contribution in [0.5, 0.6) is 0 Å². The molecule has 1 aromatic heterocycles. The predicted octanol–water partition coefficient (Wildman–Crippen LogP) is 3.88. The van der Waals surface area contributed by atoms with E-state index in [1.165, 1.54) is 17.3 Å². The van der Waals surface area contributed by atoms with Gasteiger partial charge in [-0.15, -0.1) is 0 Å². The van der Waals surface area contributed by atoms with Crippen molar-refractivity contribution in [2.75, 3.05) is 31.9 Å². The third-order valence-electron chi connectivity index (χ3n) is 6.31. The Morgan fingerprint density at radius 3 is 2.06 bits per heavy atom. The smallest absolute Gasteiger partial charge is 0.262 e. The van der Waals surface area contributed by atoms with Gasteiger partial charge in [0.05, 0.1) is 23.2 Å². The van der Waals surface area contributed by atoms with Crippen molar-refractivity contribution >= 4 is 28.6 Å². The number of nitrogens with zero attached hydrogens (tertiary/aromatic N) is 4. The fraction of sp³-hybridized carbons (Fsp3) is 0.250. The molecule has 5 rings (SSSR count). The molecule has 1 amide bonds. The molecule has 178 valence electrons. The van der Waals surface area contributed by atoms with Gasteiger partial charge in [-0.25, -0.2) is 4.98 Å². The number of fused-ring (bicyclic) bond motifs is 1. The van der Waals surface area contributed by atoms with Crippen LogP contribution in [0.2, 0.25) is 0 Å². The van der Waals surface area contributed by atoms with Crippen LogP contribution >= 0.6 is 11.8 Å². The Kier molecular flexibility index (Phi) is 7.25. The van der Waals surface area contributed by atoms with Gasteiger partial charge in [0.25, 0.3) is 5.56 Å². The zero-order valence-corrected chi connectivity index (χ0v) is 20.4. The molecule has 0 saturated carbocycles. The molecular formula is C28H28N4O2S. The lowest BCUT2D eigenvalue weighted by Crippen LogP contribution is -2.48. The Hall–Kier alpha value is -3.42. The summed E-state index contributed by atoms with van der Waals surface area (Å²) in [5.74, 6) is 0.348. The molecule has 35 heavy (non-hydrogen) atoms. The van der Waals surface area contributed by atoms with Crippen molar-refractivity contribution < 1.29 is 4.79 Å². The normalized spacial score (nSPS) is 14.3. The Labute approximate surface area is 209 Å². The molecule has 0 N–H and O–H groups in total. The molecule has 3 aromatic carbocycles. The topological polar surface area (TPSA) is 58.4 Å². The van der Waals surface area contributed by atoms with Gasteiger partial charge in [-0.3, -0.25) is 19.1 Å². The average molecular weight is 485 g/mol. The molecule has 0 atom stereocenters. The van der Waals surface area contributed by atoms with Gasteiger partial charge in [-0.05, 0) is 23.3 Å². The minimum Gasteiger partial charge on any atom is -0.339 e. The van der Waals surface area contributed by atoms with Gasteiger partial charge in [-0.1, -0.05) is 84.6 Å². The maximum Gasteiger partial charge on any atom is 0.262 e. The van der Waals surface area contributed by atoms with Gasteiger partial charge < -0.3 is 4.90 Å². The Morgan fingerprint density at radius 1 is 0.771 bits per heavy atom. The predicted molar refractivity (Wildman–Crippen MR) is 141 cm³/mol. The summed E-state index contributed by atoms with van der Waals surface area (Å²) >= 11 is 1.35. The molecule has 7 heteroatoms. The number of benzene rings is 3. The number of amides is 1. The molecule has 0 aliphatic carbocycles. The highest BCUT2D eigenvalue weighted by Gasteiger charge is 2.22. The number of rotatable bonds is 7. The molecule has 2 heterocycles. The first-order valence-corrected chi connectivity index (χ1v) is 12.9. The van der Waals surface area contributed by atoms with E-state index in [1.54, 1.807) is 10.6 Å². The van der Waals surface area contributed by atoms with Crippen molar-refractivity contribution in [1.29, 1.82) is 0 Å². The molecule has 0 spiro atoms. The number of hydrogen-bond acceptors (Lipinski definition) is 5. The monoisotopic (exact) mass is 484 g/mol. The number of piperazine rings is 1. The largest absolute Gasteiger partial charge is 0.339 e. The van der Waals surface area contributed by atoms with Crippen molar-refractivity contribution in [3.63, 3.8) is 0 Å². The number of thioether (sulfide) groups is 1. The second-order valence-electron chi connectivity index (χ2n) is 8.72. The Balaban J connectivity index is 1.26. The van der Waals surface area contributed by atoms with Crippen molar-refractivity contribution in [1.82, 2.24) is 19.4 Å². The third-order valence-corrected chi connectivity index (χ3v) is 7.27. The standard InChI is InChI=1S/C28H28N4O2S/c33-26(31-17-15-30(16-18-31)19-22-9-3-1-4-10-22)21-35-28-29-25-14-8-7-13-24(25)27(34)32(28)20-23-11-5-2-6-12-23/h1-14H,15-21H2. The van der Waals surface area contributed by atoms with E-state index < -0.39 is 0 Å². The fourth-order valence-corrected chi connectivity index (χ4v) is 5.28. The summed E-state index contributed by atoms with van der Waals surface area (Å²) < 4.78 is 1.69. The number of aromatic nitrogens is 2. The van der Waals surface area contributed by atoms with E-state index in [9.17, 15) is 9.59 Å². The Bertz CT molecular complexity index is 1350. The van der Waals surface area contributed by atoms with Crippen molar-refractivity contribution in [2.45, 2.75) is 18.2 Å². The minimum absolute atomic E-state index is 0.0797. The highest BCUT2D eigenvalue weighted by Crippen LogP contribution is 2.20. The molecular weight excluding hydrogens is 456 g/mol. The van der Waals surface area contributed by atoms with Crippen LogP contribution in [0, 0.1) is 0 Å². The van der Waals surface area contributed by atoms with Crippen LogP contribution in [-0.4, -0.2) is 57.2 Å².